The Morgan fingerprint density at radius 1 is 1.56 bits per heavy atom. The third kappa shape index (κ3) is 4.55. The molecular weight excluding hydrogens is 158 g/mol. The minimum atomic E-state index is -3.44. The van der Waals surface area contributed by atoms with Crippen molar-refractivity contribution in [1.82, 2.24) is 0 Å². The van der Waals surface area contributed by atoms with Gasteiger partial charge >= 0.3 is 5.25 Å². The normalized spacial score (nSPS) is 12.0. The average Bonchev–Trinajstić information content (AvgIpc) is 1.84. The van der Waals surface area contributed by atoms with E-state index in [0.29, 0.717) is 0 Å². The van der Waals surface area contributed by atoms with Gasteiger partial charge in [0.2, 0.25) is 0 Å². The van der Waals surface area contributed by atoms with Crippen LogP contribution in [0.15, 0.2) is 0 Å². The molecule has 0 aliphatic heterocycles. The summed E-state index contributed by atoms with van der Waals surface area (Å²) in [6, 6.07) is 0. The lowest BCUT2D eigenvalue weighted by Crippen LogP contribution is -2.16. The highest BCUT2D eigenvalue weighted by atomic mass is 32.2. The molecule has 0 spiro atoms. The van der Waals surface area contributed by atoms with E-state index in [1.54, 1.807) is 0 Å². The van der Waals surface area contributed by atoms with Gasteiger partial charge in [0.1, 0.15) is 18.6 Å². The van der Waals surface area contributed by atoms with E-state index < -0.39 is 23.9 Å². The Balaban J connectivity index is 3.33. The first kappa shape index (κ1) is 9.05. The van der Waals surface area contributed by atoms with Crippen molar-refractivity contribution in [3.63, 3.8) is 0 Å². The summed E-state index contributed by atoms with van der Waals surface area (Å²) in [4.78, 5) is 0. The van der Waals surface area contributed by atoms with Gasteiger partial charge in [-0.3, -0.25) is 0 Å². The van der Waals surface area contributed by atoms with E-state index in [1.165, 1.54) is 0 Å². The first-order chi connectivity index (χ1) is 4.12. The molecule has 0 heterocycles. The molecule has 4 nitrogen and oxygen atoms in total. The van der Waals surface area contributed by atoms with Crippen LogP contribution in [0.3, 0.4) is 0 Å². The van der Waals surface area contributed by atoms with E-state index in [-0.39, 0.29) is 0 Å². The molecule has 7 heteroatoms. The molecule has 0 saturated carbocycles. The van der Waals surface area contributed by atoms with Crippen molar-refractivity contribution < 1.29 is 28.5 Å². The molecule has 0 radical (unpaired) electrons. The molecular formula is C2H4F2O4S. The van der Waals surface area contributed by atoms with Crippen molar-refractivity contribution in [3.8, 4) is 0 Å². The average molecular weight is 162 g/mol. The van der Waals surface area contributed by atoms with Gasteiger partial charge in [-0.15, -0.1) is 4.33 Å². The van der Waals surface area contributed by atoms with Crippen LogP contribution in [0, 0.1) is 0 Å². The van der Waals surface area contributed by atoms with E-state index in [9.17, 15) is 8.78 Å². The van der Waals surface area contributed by atoms with Crippen LogP contribution in [0.4, 0.5) is 8.78 Å². The van der Waals surface area contributed by atoms with Crippen LogP contribution in [-0.2, 0) is 9.37 Å². The molecule has 0 unspecified atom stereocenters. The highest BCUT2D eigenvalue weighted by Gasteiger charge is 2.30. The smallest absolute Gasteiger partial charge is 0.343 e. The Morgan fingerprint density at radius 3 is 2.44 bits per heavy atom. The summed E-state index contributed by atoms with van der Waals surface area (Å²) >= 11 is -0.477. The van der Waals surface area contributed by atoms with Crippen LogP contribution >= 0.6 is 12.0 Å². The molecule has 0 aromatic rings. The maximum absolute atomic E-state index is 11.7. The van der Waals surface area contributed by atoms with E-state index in [1.807, 2.05) is 0 Å². The van der Waals surface area contributed by atoms with Gasteiger partial charge in [0.15, 0.2) is 0 Å². The zero-order chi connectivity index (χ0) is 7.33. The second-order valence-electron chi connectivity index (χ2n) is 1.02. The lowest BCUT2D eigenvalue weighted by molar-refractivity contribution is -0.433. The maximum Gasteiger partial charge on any atom is 0.343 e. The molecule has 9 heavy (non-hydrogen) atoms. The zero-order valence-electron chi connectivity index (χ0n) is 4.08. The summed E-state index contributed by atoms with van der Waals surface area (Å²) in [5.41, 5.74) is 0. The molecule has 0 aromatic heterocycles. The predicted molar refractivity (Wildman–Crippen MR) is 24.4 cm³/mol. The van der Waals surface area contributed by atoms with Crippen LogP contribution in [-0.4, -0.2) is 22.2 Å². The Kier molecular flexibility index (Phi) is 3.98. The second-order valence-corrected chi connectivity index (χ2v) is 1.92. The molecule has 0 amide bonds. The number of hydrogen-bond donors (Lipinski definition) is 2. The van der Waals surface area contributed by atoms with Crippen molar-refractivity contribution in [2.24, 2.45) is 0 Å². The van der Waals surface area contributed by atoms with Crippen LogP contribution in [0.25, 0.3) is 0 Å². The highest BCUT2D eigenvalue weighted by molar-refractivity contribution is 7.95. The molecule has 0 atom stereocenters. The fourth-order valence-corrected chi connectivity index (χ4v) is 0.274. The molecule has 0 rings (SSSR count). The number of rotatable bonds is 4. The minimum Gasteiger partial charge on any atom is -0.389 e. The highest BCUT2D eigenvalue weighted by Crippen LogP contribution is 2.28. The lowest BCUT2D eigenvalue weighted by atomic mass is 10.8. The van der Waals surface area contributed by atoms with Gasteiger partial charge in [0, 0.05) is 0 Å². The summed E-state index contributed by atoms with van der Waals surface area (Å²) in [5.74, 6) is 0. The number of alkyl halides is 2. The van der Waals surface area contributed by atoms with Crippen molar-refractivity contribution in [1.29, 1.82) is 0 Å². The van der Waals surface area contributed by atoms with Crippen molar-refractivity contribution in [2.75, 3.05) is 6.61 Å². The summed E-state index contributed by atoms with van der Waals surface area (Å²) < 4.78 is 26.8. The number of halogens is 2. The van der Waals surface area contributed by atoms with Crippen molar-refractivity contribution in [2.45, 2.75) is 5.25 Å². The SMILES string of the molecule is OCC(F)(F)SOOO. The van der Waals surface area contributed by atoms with Gasteiger partial charge in [0.25, 0.3) is 0 Å². The van der Waals surface area contributed by atoms with Gasteiger partial charge in [-0.1, -0.05) is 5.04 Å². The first-order valence-electron chi connectivity index (χ1n) is 1.77. The third-order valence-electron chi connectivity index (χ3n) is 0.370. The van der Waals surface area contributed by atoms with E-state index >= 15 is 0 Å². The van der Waals surface area contributed by atoms with Gasteiger partial charge in [-0.2, -0.15) is 8.78 Å². The van der Waals surface area contributed by atoms with Crippen molar-refractivity contribution >= 4 is 12.0 Å². The van der Waals surface area contributed by atoms with Gasteiger partial charge in [-0.05, 0) is 0 Å². The summed E-state index contributed by atoms with van der Waals surface area (Å²) in [7, 11) is 0. The number of hydrogen-bond acceptors (Lipinski definition) is 5. The summed E-state index contributed by atoms with van der Waals surface area (Å²) in [6.45, 7) is -1.37. The van der Waals surface area contributed by atoms with E-state index in [2.05, 4.69) is 9.37 Å². The molecule has 0 saturated heterocycles. The standard InChI is InChI=1S/C2H4F2O4S/c3-2(4,1-5)9-8-7-6/h5-6H,1H2. The fraction of sp³-hybridized carbons (Fsp3) is 1.00. The molecule has 0 bridgehead atoms. The number of aliphatic hydroxyl groups is 1. The molecule has 0 fully saturated rings. The Labute approximate surface area is 53.4 Å². The van der Waals surface area contributed by atoms with E-state index in [0.717, 1.165) is 0 Å². The zero-order valence-corrected chi connectivity index (χ0v) is 4.90. The summed E-state index contributed by atoms with van der Waals surface area (Å²) in [6.07, 6.45) is 0. The quantitative estimate of drug-likeness (QED) is 0.361. The predicted octanol–water partition coefficient (Wildman–Crippen LogP) is 0.641. The topological polar surface area (TPSA) is 58.9 Å². The molecule has 56 valence electrons. The monoisotopic (exact) mass is 162 g/mol. The molecule has 0 aromatic carbocycles. The van der Waals surface area contributed by atoms with Gasteiger partial charge in [0.05, 0.1) is 0 Å². The minimum absolute atomic E-state index is 0.477. The van der Waals surface area contributed by atoms with Crippen LogP contribution < -0.4 is 0 Å². The molecule has 0 aliphatic carbocycles. The van der Waals surface area contributed by atoms with E-state index in [4.69, 9.17) is 10.4 Å². The molecule has 2 N–H and O–H groups in total. The maximum atomic E-state index is 11.7. The Hall–Kier alpha value is 0.0500. The van der Waals surface area contributed by atoms with Crippen LogP contribution in [0.1, 0.15) is 0 Å². The third-order valence-corrected chi connectivity index (χ3v) is 0.872. The largest absolute Gasteiger partial charge is 0.389 e. The van der Waals surface area contributed by atoms with Gasteiger partial charge in [-0.25, -0.2) is 5.26 Å². The molecule has 0 aliphatic rings. The van der Waals surface area contributed by atoms with Gasteiger partial charge < -0.3 is 5.11 Å². The summed E-state index contributed by atoms with van der Waals surface area (Å²) in [5, 5.41) is 14.6. The first-order valence-corrected chi connectivity index (χ1v) is 2.51. The fourth-order valence-electron chi connectivity index (χ4n) is 0.0913. The van der Waals surface area contributed by atoms with Crippen molar-refractivity contribution in [3.05, 3.63) is 0 Å². The second kappa shape index (κ2) is 3.96. The lowest BCUT2D eigenvalue weighted by Gasteiger charge is -2.07. The Bertz CT molecular complexity index is 79.0. The Morgan fingerprint density at radius 2 is 2.11 bits per heavy atom. The van der Waals surface area contributed by atoms with Crippen LogP contribution in [0.2, 0.25) is 0 Å². The number of aliphatic hydroxyl groups excluding tert-OH is 1. The van der Waals surface area contributed by atoms with Crippen LogP contribution in [0.5, 0.6) is 0 Å².